The van der Waals surface area contributed by atoms with Crippen molar-refractivity contribution in [2.45, 2.75) is 25.0 Å². The van der Waals surface area contributed by atoms with Gasteiger partial charge in [0, 0.05) is 21.3 Å². The lowest BCUT2D eigenvalue weighted by atomic mass is 9.96. The highest BCUT2D eigenvalue weighted by Crippen LogP contribution is 2.55. The molecule has 3 aromatic rings. The van der Waals surface area contributed by atoms with Crippen molar-refractivity contribution in [2.24, 2.45) is 0 Å². The predicted molar refractivity (Wildman–Crippen MR) is 121 cm³/mol. The number of fused-ring (bicyclic) bond motifs is 4. The Labute approximate surface area is 194 Å². The predicted octanol–water partition coefficient (Wildman–Crippen LogP) is 5.03. The third-order valence-electron chi connectivity index (χ3n) is 5.68. The van der Waals surface area contributed by atoms with Gasteiger partial charge in [0.05, 0.1) is 18.2 Å². The normalized spacial score (nSPS) is 23.1. The van der Waals surface area contributed by atoms with E-state index in [1.165, 1.54) is 0 Å². The smallest absolute Gasteiger partial charge is 0.336 e. The van der Waals surface area contributed by atoms with Crippen LogP contribution in [0, 0.1) is 11.3 Å². The second-order valence-corrected chi connectivity index (χ2v) is 8.42. The molecule has 7 heteroatoms. The Morgan fingerprint density at radius 1 is 1.12 bits per heavy atom. The number of esters is 1. The number of rotatable bonds is 4. The van der Waals surface area contributed by atoms with Crippen molar-refractivity contribution in [3.05, 3.63) is 94.0 Å². The maximum absolute atomic E-state index is 13.4. The highest BCUT2D eigenvalue weighted by Gasteiger charge is 2.64. The fourth-order valence-electron chi connectivity index (χ4n) is 4.29. The average molecular weight is 491 g/mol. The average Bonchev–Trinajstić information content (AvgIpc) is 3.10. The fraction of sp³-hybridized carbons (Fsp3) is 0.200. The number of benzene rings is 3. The van der Waals surface area contributed by atoms with E-state index < -0.39 is 24.0 Å². The fourth-order valence-corrected chi connectivity index (χ4v) is 4.55. The number of ether oxygens (including phenoxy) is 3. The molecule has 6 nitrogen and oxygen atoms in total. The molecule has 3 aromatic carbocycles. The number of hydrogen-bond donors (Lipinski definition) is 0. The lowest BCUT2D eigenvalue weighted by Crippen LogP contribution is -2.52. The van der Waals surface area contributed by atoms with Crippen LogP contribution in [0.3, 0.4) is 0 Å². The SMILES string of the molecule is CCOC(=O)[C@H]1N(c2ccc(Br)cc2)[C@H]2O[C@]1(c1ccc(C#N)cc1)Oc1ccccc12. The summed E-state index contributed by atoms with van der Waals surface area (Å²) in [6.45, 7) is 2.00. The van der Waals surface area contributed by atoms with Gasteiger partial charge in [-0.1, -0.05) is 46.3 Å². The Balaban J connectivity index is 1.74. The second-order valence-electron chi connectivity index (χ2n) is 7.51. The Bertz CT molecular complexity index is 1210. The van der Waals surface area contributed by atoms with E-state index in [-0.39, 0.29) is 6.61 Å². The number of halogens is 1. The van der Waals surface area contributed by atoms with Gasteiger partial charge in [0.25, 0.3) is 5.79 Å². The molecule has 1 saturated heterocycles. The van der Waals surface area contributed by atoms with Crippen molar-refractivity contribution in [1.29, 1.82) is 5.26 Å². The third kappa shape index (κ3) is 3.15. The first kappa shape index (κ1) is 20.6. The molecule has 32 heavy (non-hydrogen) atoms. The Kier molecular flexibility index (Phi) is 5.12. The summed E-state index contributed by atoms with van der Waals surface area (Å²) < 4.78 is 19.4. The van der Waals surface area contributed by atoms with E-state index in [9.17, 15) is 10.1 Å². The molecule has 2 aliphatic heterocycles. The van der Waals surface area contributed by atoms with Crippen LogP contribution in [0.4, 0.5) is 5.69 Å². The second kappa shape index (κ2) is 7.97. The number of hydrogen-bond acceptors (Lipinski definition) is 6. The van der Waals surface area contributed by atoms with Crippen LogP contribution < -0.4 is 9.64 Å². The van der Waals surface area contributed by atoms with Crippen LogP contribution in [0.15, 0.2) is 77.3 Å². The minimum absolute atomic E-state index is 0.227. The van der Waals surface area contributed by atoms with Crippen molar-refractivity contribution in [2.75, 3.05) is 11.5 Å². The number of carbonyl (C=O) groups excluding carboxylic acids is 1. The molecule has 3 atom stereocenters. The molecule has 0 unspecified atom stereocenters. The van der Waals surface area contributed by atoms with Gasteiger partial charge in [-0.15, -0.1) is 0 Å². The first-order valence-corrected chi connectivity index (χ1v) is 11.0. The first-order chi connectivity index (χ1) is 15.6. The van der Waals surface area contributed by atoms with Gasteiger partial charge in [-0.3, -0.25) is 0 Å². The zero-order valence-electron chi connectivity index (χ0n) is 17.2. The number of nitrogens with zero attached hydrogens (tertiary/aromatic N) is 2. The molecule has 0 amide bonds. The van der Waals surface area contributed by atoms with E-state index in [4.69, 9.17) is 14.2 Å². The van der Waals surface area contributed by atoms with Gasteiger partial charge in [0.2, 0.25) is 6.04 Å². The zero-order chi connectivity index (χ0) is 22.3. The molecule has 2 aliphatic rings. The molecule has 1 fully saturated rings. The monoisotopic (exact) mass is 490 g/mol. The van der Waals surface area contributed by atoms with Gasteiger partial charge in [-0.05, 0) is 49.4 Å². The van der Waals surface area contributed by atoms with Crippen molar-refractivity contribution >= 4 is 27.6 Å². The topological polar surface area (TPSA) is 71.8 Å². The summed E-state index contributed by atoms with van der Waals surface area (Å²) in [7, 11) is 0. The Morgan fingerprint density at radius 3 is 2.53 bits per heavy atom. The van der Waals surface area contributed by atoms with Gasteiger partial charge in [-0.25, -0.2) is 4.79 Å². The van der Waals surface area contributed by atoms with Crippen molar-refractivity contribution in [1.82, 2.24) is 0 Å². The summed E-state index contributed by atoms with van der Waals surface area (Å²) in [6, 6.07) is 23.4. The number of carbonyl (C=O) groups is 1. The Hall–Kier alpha value is -3.34. The highest BCUT2D eigenvalue weighted by atomic mass is 79.9. The highest BCUT2D eigenvalue weighted by molar-refractivity contribution is 9.10. The molecule has 0 N–H and O–H groups in total. The molecule has 2 bridgehead atoms. The van der Waals surface area contributed by atoms with E-state index in [0.29, 0.717) is 16.9 Å². The molecule has 0 aromatic heterocycles. The van der Waals surface area contributed by atoms with E-state index in [2.05, 4.69) is 22.0 Å². The minimum Gasteiger partial charge on any atom is -0.464 e. The largest absolute Gasteiger partial charge is 0.464 e. The van der Waals surface area contributed by atoms with Gasteiger partial charge < -0.3 is 19.1 Å². The van der Waals surface area contributed by atoms with E-state index in [0.717, 1.165) is 15.7 Å². The molecular weight excluding hydrogens is 472 g/mol. The molecular formula is C25H19BrN2O4. The molecule has 5 rings (SSSR count). The summed E-state index contributed by atoms with van der Waals surface area (Å²) in [4.78, 5) is 15.3. The summed E-state index contributed by atoms with van der Waals surface area (Å²) in [6.07, 6.45) is -0.564. The van der Waals surface area contributed by atoms with Crippen LogP contribution in [-0.2, 0) is 20.1 Å². The molecule has 2 heterocycles. The summed E-state index contributed by atoms with van der Waals surface area (Å²) in [5.41, 5.74) is 2.76. The molecule has 0 radical (unpaired) electrons. The zero-order valence-corrected chi connectivity index (χ0v) is 18.8. The minimum atomic E-state index is -1.44. The van der Waals surface area contributed by atoms with Crippen LogP contribution >= 0.6 is 15.9 Å². The Morgan fingerprint density at radius 2 is 1.84 bits per heavy atom. The quantitative estimate of drug-likeness (QED) is 0.477. The number of anilines is 1. The number of nitriles is 1. The lowest BCUT2D eigenvalue weighted by Gasteiger charge is -2.36. The molecule has 160 valence electrons. The number of para-hydroxylation sites is 1. The van der Waals surface area contributed by atoms with Crippen LogP contribution in [0.25, 0.3) is 0 Å². The van der Waals surface area contributed by atoms with Gasteiger partial charge in [0.15, 0.2) is 6.23 Å². The molecule has 0 saturated carbocycles. The molecule has 0 spiro atoms. The van der Waals surface area contributed by atoms with E-state index in [1.807, 2.05) is 53.4 Å². The van der Waals surface area contributed by atoms with E-state index in [1.54, 1.807) is 31.2 Å². The maximum atomic E-state index is 13.4. The third-order valence-corrected chi connectivity index (χ3v) is 6.20. The van der Waals surface area contributed by atoms with Crippen LogP contribution in [0.5, 0.6) is 5.75 Å². The first-order valence-electron chi connectivity index (χ1n) is 10.2. The van der Waals surface area contributed by atoms with Crippen LogP contribution in [-0.4, -0.2) is 18.6 Å². The standard InChI is InChI=1S/C25H19BrN2O4/c1-2-30-24(29)22-25(17-9-7-16(15-27)8-10-17)31-21-6-4-3-5-20(21)23(32-25)28(22)19-13-11-18(26)12-14-19/h3-14,22-23H,2H2,1H3/t22-,23+,25+/m1/s1. The summed E-state index contributed by atoms with van der Waals surface area (Å²) >= 11 is 3.47. The van der Waals surface area contributed by atoms with Crippen molar-refractivity contribution in [3.63, 3.8) is 0 Å². The van der Waals surface area contributed by atoms with Gasteiger partial charge in [-0.2, -0.15) is 5.26 Å². The lowest BCUT2D eigenvalue weighted by molar-refractivity contribution is -0.209. The van der Waals surface area contributed by atoms with Gasteiger partial charge in [0.1, 0.15) is 5.75 Å². The summed E-state index contributed by atoms with van der Waals surface area (Å²) in [5, 5.41) is 9.22. The summed E-state index contributed by atoms with van der Waals surface area (Å²) in [5.74, 6) is -1.25. The van der Waals surface area contributed by atoms with Gasteiger partial charge >= 0.3 is 5.97 Å². The van der Waals surface area contributed by atoms with E-state index >= 15 is 0 Å². The van der Waals surface area contributed by atoms with Crippen molar-refractivity contribution < 1.29 is 19.0 Å². The molecule has 0 aliphatic carbocycles. The van der Waals surface area contributed by atoms with Crippen molar-refractivity contribution in [3.8, 4) is 11.8 Å². The maximum Gasteiger partial charge on any atom is 0.336 e. The van der Waals surface area contributed by atoms with Crippen LogP contribution in [0.2, 0.25) is 0 Å². The van der Waals surface area contributed by atoms with Crippen LogP contribution in [0.1, 0.15) is 29.8 Å².